The second-order valence-electron chi connectivity index (χ2n) is 7.38. The maximum Gasteiger partial charge on any atom is 0.410 e. The molecule has 0 atom stereocenters. The van der Waals surface area contributed by atoms with Crippen molar-refractivity contribution in [3.05, 3.63) is 36.1 Å². The van der Waals surface area contributed by atoms with Crippen LogP contribution in [0.4, 0.5) is 4.79 Å². The van der Waals surface area contributed by atoms with E-state index in [0.717, 1.165) is 16.7 Å². The van der Waals surface area contributed by atoms with E-state index in [1.165, 1.54) is 0 Å². The fraction of sp³-hybridized carbons (Fsp3) is 0.474. The Bertz CT molecular complexity index is 765. The Morgan fingerprint density at radius 3 is 2.50 bits per heavy atom. The fourth-order valence-electron chi connectivity index (χ4n) is 2.82. The van der Waals surface area contributed by atoms with Gasteiger partial charge in [-0.15, -0.1) is 0 Å². The molecule has 0 saturated carbocycles. The van der Waals surface area contributed by atoms with E-state index in [1.807, 2.05) is 56.0 Å². The first-order chi connectivity index (χ1) is 12.3. The van der Waals surface area contributed by atoms with Crippen LogP contribution in [0.3, 0.4) is 0 Å². The molecule has 2 N–H and O–H groups in total. The number of furan rings is 1. The highest BCUT2D eigenvalue weighted by Crippen LogP contribution is 2.19. The monoisotopic (exact) mass is 358 g/mol. The summed E-state index contributed by atoms with van der Waals surface area (Å²) in [6.45, 7) is 8.39. The van der Waals surface area contributed by atoms with Gasteiger partial charge in [0.15, 0.2) is 5.96 Å². The Kier molecular flexibility index (Phi) is 5.06. The fourth-order valence-corrected chi connectivity index (χ4v) is 2.82. The summed E-state index contributed by atoms with van der Waals surface area (Å²) in [4.78, 5) is 20.2. The summed E-state index contributed by atoms with van der Waals surface area (Å²) in [5, 5.41) is 1.06. The van der Waals surface area contributed by atoms with Gasteiger partial charge in [-0.1, -0.05) is 18.2 Å². The summed E-state index contributed by atoms with van der Waals surface area (Å²) in [5.74, 6) is 1.25. The molecule has 7 nitrogen and oxygen atoms in total. The maximum atomic E-state index is 12.1. The lowest BCUT2D eigenvalue weighted by Crippen LogP contribution is -2.53. The van der Waals surface area contributed by atoms with E-state index < -0.39 is 5.60 Å². The SMILES string of the molecule is CC(C)(C)OC(=O)N1CCN(C(N)=NCc2cc3ccccc3o2)CC1. The summed E-state index contributed by atoms with van der Waals surface area (Å²) >= 11 is 0. The zero-order valence-electron chi connectivity index (χ0n) is 15.6. The molecule has 3 rings (SSSR count). The molecule has 26 heavy (non-hydrogen) atoms. The number of benzene rings is 1. The lowest BCUT2D eigenvalue weighted by atomic mass is 10.2. The quantitative estimate of drug-likeness (QED) is 0.659. The summed E-state index contributed by atoms with van der Waals surface area (Å²) in [6, 6.07) is 9.83. The van der Waals surface area contributed by atoms with Crippen molar-refractivity contribution in [2.45, 2.75) is 32.9 Å². The number of hydrogen-bond acceptors (Lipinski definition) is 4. The molecule has 1 aliphatic rings. The molecule has 7 heteroatoms. The summed E-state index contributed by atoms with van der Waals surface area (Å²) in [7, 11) is 0. The molecule has 140 valence electrons. The molecule has 1 amide bonds. The molecule has 1 aliphatic heterocycles. The maximum absolute atomic E-state index is 12.1. The normalized spacial score (nSPS) is 16.2. The Morgan fingerprint density at radius 2 is 1.85 bits per heavy atom. The van der Waals surface area contributed by atoms with Crippen molar-refractivity contribution >= 4 is 23.0 Å². The van der Waals surface area contributed by atoms with E-state index in [-0.39, 0.29) is 6.09 Å². The number of hydrogen-bond donors (Lipinski definition) is 1. The first kappa shape index (κ1) is 18.1. The van der Waals surface area contributed by atoms with Crippen molar-refractivity contribution in [3.8, 4) is 0 Å². The standard InChI is InChI=1S/C19H26N4O3/c1-19(2,3)26-18(24)23-10-8-22(9-11-23)17(20)21-13-15-12-14-6-4-5-7-16(14)25-15/h4-7,12H,8-11,13H2,1-3H3,(H2,20,21). The van der Waals surface area contributed by atoms with Gasteiger partial charge in [-0.3, -0.25) is 0 Å². The van der Waals surface area contributed by atoms with E-state index in [0.29, 0.717) is 38.7 Å². The van der Waals surface area contributed by atoms with Crippen LogP contribution in [0.5, 0.6) is 0 Å². The second kappa shape index (κ2) is 7.27. The van der Waals surface area contributed by atoms with E-state index in [1.54, 1.807) is 4.90 Å². The largest absolute Gasteiger partial charge is 0.459 e. The third-order valence-electron chi connectivity index (χ3n) is 4.13. The lowest BCUT2D eigenvalue weighted by Gasteiger charge is -2.36. The first-order valence-corrected chi connectivity index (χ1v) is 8.82. The third-order valence-corrected chi connectivity index (χ3v) is 4.13. The van der Waals surface area contributed by atoms with Crippen LogP contribution >= 0.6 is 0 Å². The number of ether oxygens (including phenoxy) is 1. The molecule has 1 fully saturated rings. The van der Waals surface area contributed by atoms with Crippen LogP contribution in [-0.4, -0.2) is 53.6 Å². The summed E-state index contributed by atoms with van der Waals surface area (Å²) < 4.78 is 11.2. The first-order valence-electron chi connectivity index (χ1n) is 8.82. The molecule has 1 aromatic heterocycles. The van der Waals surface area contributed by atoms with Gasteiger partial charge in [0.25, 0.3) is 0 Å². The van der Waals surface area contributed by atoms with Crippen LogP contribution in [0.1, 0.15) is 26.5 Å². The molecule has 2 heterocycles. The van der Waals surface area contributed by atoms with Gasteiger partial charge >= 0.3 is 6.09 Å². The van der Waals surface area contributed by atoms with Crippen molar-refractivity contribution in [2.24, 2.45) is 10.7 Å². The molecule has 1 aromatic carbocycles. The number of fused-ring (bicyclic) bond motifs is 1. The Morgan fingerprint density at radius 1 is 1.19 bits per heavy atom. The zero-order chi connectivity index (χ0) is 18.7. The molecule has 0 spiro atoms. The van der Waals surface area contributed by atoms with Crippen molar-refractivity contribution in [1.29, 1.82) is 0 Å². The molecule has 0 radical (unpaired) electrons. The van der Waals surface area contributed by atoms with Gasteiger partial charge in [0.2, 0.25) is 0 Å². The average molecular weight is 358 g/mol. The number of piperazine rings is 1. The van der Waals surface area contributed by atoms with Crippen molar-refractivity contribution in [2.75, 3.05) is 26.2 Å². The number of aliphatic imine (C=N–C) groups is 1. The van der Waals surface area contributed by atoms with Crippen molar-refractivity contribution in [1.82, 2.24) is 9.80 Å². The van der Waals surface area contributed by atoms with Gasteiger partial charge in [0.1, 0.15) is 23.5 Å². The van der Waals surface area contributed by atoms with Gasteiger partial charge in [-0.05, 0) is 32.9 Å². The van der Waals surface area contributed by atoms with E-state index in [2.05, 4.69) is 4.99 Å². The van der Waals surface area contributed by atoms with E-state index in [9.17, 15) is 4.79 Å². The topological polar surface area (TPSA) is 84.3 Å². The number of carbonyl (C=O) groups is 1. The number of para-hydroxylation sites is 1. The molecule has 0 aliphatic carbocycles. The highest BCUT2D eigenvalue weighted by atomic mass is 16.6. The average Bonchev–Trinajstić information content (AvgIpc) is 3.01. The number of nitrogens with zero attached hydrogens (tertiary/aromatic N) is 3. The highest BCUT2D eigenvalue weighted by Gasteiger charge is 2.26. The van der Waals surface area contributed by atoms with Gasteiger partial charge in [-0.2, -0.15) is 0 Å². The number of nitrogens with two attached hydrogens (primary N) is 1. The highest BCUT2D eigenvalue weighted by molar-refractivity contribution is 5.79. The smallest absolute Gasteiger partial charge is 0.410 e. The Hall–Kier alpha value is -2.70. The van der Waals surface area contributed by atoms with Crippen LogP contribution in [0.25, 0.3) is 11.0 Å². The van der Waals surface area contributed by atoms with Gasteiger partial charge in [0.05, 0.1) is 0 Å². The number of guanidine groups is 1. The zero-order valence-corrected chi connectivity index (χ0v) is 15.6. The van der Waals surface area contributed by atoms with Crippen molar-refractivity contribution in [3.63, 3.8) is 0 Å². The molecule has 2 aromatic rings. The van der Waals surface area contributed by atoms with Crippen LogP contribution in [0, 0.1) is 0 Å². The summed E-state index contributed by atoms with van der Waals surface area (Å²) in [6.07, 6.45) is -0.282. The van der Waals surface area contributed by atoms with Crippen LogP contribution in [0.2, 0.25) is 0 Å². The van der Waals surface area contributed by atoms with E-state index in [4.69, 9.17) is 14.9 Å². The molecular weight excluding hydrogens is 332 g/mol. The molecule has 0 unspecified atom stereocenters. The summed E-state index contributed by atoms with van der Waals surface area (Å²) in [5.41, 5.74) is 6.48. The minimum Gasteiger partial charge on any atom is -0.459 e. The number of carbonyl (C=O) groups excluding carboxylic acids is 1. The Balaban J connectivity index is 1.53. The van der Waals surface area contributed by atoms with Crippen LogP contribution < -0.4 is 5.73 Å². The van der Waals surface area contributed by atoms with Gasteiger partial charge in [-0.25, -0.2) is 9.79 Å². The van der Waals surface area contributed by atoms with E-state index >= 15 is 0 Å². The lowest BCUT2D eigenvalue weighted by molar-refractivity contribution is 0.0186. The number of amides is 1. The van der Waals surface area contributed by atoms with Crippen LogP contribution in [0.15, 0.2) is 39.7 Å². The second-order valence-corrected chi connectivity index (χ2v) is 7.38. The molecule has 1 saturated heterocycles. The third kappa shape index (κ3) is 4.47. The predicted molar refractivity (Wildman–Crippen MR) is 101 cm³/mol. The van der Waals surface area contributed by atoms with Gasteiger partial charge < -0.3 is 24.7 Å². The molecular formula is C19H26N4O3. The predicted octanol–water partition coefficient (Wildman–Crippen LogP) is 2.80. The molecule has 0 bridgehead atoms. The minimum absolute atomic E-state index is 0.282. The Labute approximate surface area is 153 Å². The van der Waals surface area contributed by atoms with Gasteiger partial charge in [0, 0.05) is 31.6 Å². The minimum atomic E-state index is -0.485. The number of rotatable bonds is 2. The van der Waals surface area contributed by atoms with Crippen LogP contribution in [-0.2, 0) is 11.3 Å². The van der Waals surface area contributed by atoms with Crippen molar-refractivity contribution < 1.29 is 13.9 Å².